The summed E-state index contributed by atoms with van der Waals surface area (Å²) in [5.41, 5.74) is 7.02. The van der Waals surface area contributed by atoms with E-state index in [9.17, 15) is 4.79 Å². The Morgan fingerprint density at radius 1 is 0.895 bits per heavy atom. The Kier molecular flexibility index (Phi) is 5.11. The molecule has 0 amide bonds. The molecule has 0 radical (unpaired) electrons. The van der Waals surface area contributed by atoms with Crippen molar-refractivity contribution in [3.63, 3.8) is 0 Å². The largest absolute Gasteiger partial charge is 0.294 e. The summed E-state index contributed by atoms with van der Waals surface area (Å²) in [7, 11) is 0. The number of carbonyl (C=O) groups excluding carboxylic acids is 1. The molecule has 0 aromatic heterocycles. The van der Waals surface area contributed by atoms with E-state index in [4.69, 9.17) is 0 Å². The lowest BCUT2D eigenvalue weighted by Gasteiger charge is -2.17. The van der Waals surface area contributed by atoms with Gasteiger partial charge in [-0.15, -0.1) is 0 Å². The molecule has 1 aromatic rings. The predicted octanol–water partition coefficient (Wildman–Crippen LogP) is 5.01. The Bertz CT molecular complexity index is 490. The molecule has 104 valence electrons. The SMILES string of the molecule is Cc1c(C)c(C)c(C(=O)CC=CC(C)C)c(C)c1C. The van der Waals surface area contributed by atoms with Crippen molar-refractivity contribution in [2.45, 2.75) is 54.9 Å². The van der Waals surface area contributed by atoms with E-state index in [1.54, 1.807) is 0 Å². The highest BCUT2D eigenvalue weighted by Crippen LogP contribution is 2.27. The van der Waals surface area contributed by atoms with E-state index in [0.717, 1.165) is 16.7 Å². The van der Waals surface area contributed by atoms with Crippen LogP contribution in [0, 0.1) is 40.5 Å². The Hall–Kier alpha value is -1.37. The summed E-state index contributed by atoms with van der Waals surface area (Å²) in [4.78, 5) is 12.4. The van der Waals surface area contributed by atoms with E-state index < -0.39 is 0 Å². The highest BCUT2D eigenvalue weighted by Gasteiger charge is 2.16. The molecule has 0 unspecified atom stereocenters. The Morgan fingerprint density at radius 2 is 1.32 bits per heavy atom. The monoisotopic (exact) mass is 258 g/mol. The molecule has 0 saturated heterocycles. The van der Waals surface area contributed by atoms with Crippen LogP contribution >= 0.6 is 0 Å². The summed E-state index contributed by atoms with van der Waals surface area (Å²) in [5.74, 6) is 0.731. The fraction of sp³-hybridized carbons (Fsp3) is 0.500. The lowest BCUT2D eigenvalue weighted by Crippen LogP contribution is -2.08. The third-order valence-electron chi connectivity index (χ3n) is 4.10. The van der Waals surface area contributed by atoms with E-state index in [-0.39, 0.29) is 5.78 Å². The molecule has 1 rings (SSSR count). The number of Topliss-reactive ketones (excluding diaryl/α,β-unsaturated/α-hetero) is 1. The molecule has 0 atom stereocenters. The lowest BCUT2D eigenvalue weighted by molar-refractivity contribution is 0.0994. The van der Waals surface area contributed by atoms with Gasteiger partial charge < -0.3 is 0 Å². The number of allylic oxidation sites excluding steroid dienone is 2. The molecule has 0 heterocycles. The van der Waals surface area contributed by atoms with E-state index in [2.05, 4.69) is 54.5 Å². The van der Waals surface area contributed by atoms with E-state index in [1.165, 1.54) is 16.7 Å². The molecule has 19 heavy (non-hydrogen) atoms. The summed E-state index contributed by atoms with van der Waals surface area (Å²) < 4.78 is 0. The first-order chi connectivity index (χ1) is 8.77. The third kappa shape index (κ3) is 3.34. The summed E-state index contributed by atoms with van der Waals surface area (Å²) in [5, 5.41) is 0. The first kappa shape index (κ1) is 15.7. The molecule has 0 aliphatic rings. The third-order valence-corrected chi connectivity index (χ3v) is 4.10. The zero-order valence-corrected chi connectivity index (χ0v) is 13.3. The summed E-state index contributed by atoms with van der Waals surface area (Å²) in [6.07, 6.45) is 4.59. The second-order valence-corrected chi connectivity index (χ2v) is 5.80. The van der Waals surface area contributed by atoms with Gasteiger partial charge in [-0.1, -0.05) is 26.0 Å². The van der Waals surface area contributed by atoms with Crippen molar-refractivity contribution in [1.82, 2.24) is 0 Å². The minimum absolute atomic E-state index is 0.234. The standard InChI is InChI=1S/C18H26O/c1-11(2)9-8-10-17(19)18-15(6)13(4)12(3)14(5)16(18)7/h8-9,11H,10H2,1-7H3. The number of hydrogen-bond donors (Lipinski definition) is 0. The second kappa shape index (κ2) is 6.18. The van der Waals surface area contributed by atoms with Crippen LogP contribution in [-0.2, 0) is 0 Å². The van der Waals surface area contributed by atoms with Crippen molar-refractivity contribution in [2.75, 3.05) is 0 Å². The van der Waals surface area contributed by atoms with Gasteiger partial charge in [0.2, 0.25) is 0 Å². The van der Waals surface area contributed by atoms with Crippen LogP contribution in [0.4, 0.5) is 0 Å². The van der Waals surface area contributed by atoms with Gasteiger partial charge in [0.05, 0.1) is 0 Å². The van der Waals surface area contributed by atoms with E-state index in [1.807, 2.05) is 6.08 Å². The maximum absolute atomic E-state index is 12.4. The molecule has 1 aromatic carbocycles. The van der Waals surface area contributed by atoms with Crippen LogP contribution in [0.1, 0.15) is 58.4 Å². The summed E-state index contributed by atoms with van der Waals surface area (Å²) in [6.45, 7) is 14.7. The van der Waals surface area contributed by atoms with Gasteiger partial charge in [-0.05, 0) is 68.4 Å². The zero-order valence-electron chi connectivity index (χ0n) is 13.3. The van der Waals surface area contributed by atoms with Gasteiger partial charge in [-0.2, -0.15) is 0 Å². The van der Waals surface area contributed by atoms with Crippen LogP contribution in [-0.4, -0.2) is 5.78 Å². The smallest absolute Gasteiger partial charge is 0.167 e. The van der Waals surface area contributed by atoms with Crippen molar-refractivity contribution >= 4 is 5.78 Å². The highest BCUT2D eigenvalue weighted by atomic mass is 16.1. The average Bonchev–Trinajstić information content (AvgIpc) is 2.34. The molecule has 0 fully saturated rings. The maximum Gasteiger partial charge on any atom is 0.167 e. The zero-order chi connectivity index (χ0) is 14.7. The van der Waals surface area contributed by atoms with Gasteiger partial charge in [0.15, 0.2) is 5.78 Å². The summed E-state index contributed by atoms with van der Waals surface area (Å²) in [6, 6.07) is 0. The van der Waals surface area contributed by atoms with Crippen molar-refractivity contribution < 1.29 is 4.79 Å². The number of rotatable bonds is 4. The molecule has 0 N–H and O–H groups in total. The van der Waals surface area contributed by atoms with Crippen molar-refractivity contribution in [2.24, 2.45) is 5.92 Å². The van der Waals surface area contributed by atoms with E-state index >= 15 is 0 Å². The van der Waals surface area contributed by atoms with Crippen LogP contribution in [0.2, 0.25) is 0 Å². The normalized spacial score (nSPS) is 11.6. The highest BCUT2D eigenvalue weighted by molar-refractivity contribution is 6.00. The number of ketones is 1. The Morgan fingerprint density at radius 3 is 1.74 bits per heavy atom. The number of hydrogen-bond acceptors (Lipinski definition) is 1. The Balaban J connectivity index is 3.17. The first-order valence-corrected chi connectivity index (χ1v) is 7.04. The number of benzene rings is 1. The molecule has 0 aliphatic heterocycles. The van der Waals surface area contributed by atoms with Crippen molar-refractivity contribution in [1.29, 1.82) is 0 Å². The van der Waals surface area contributed by atoms with Gasteiger partial charge in [-0.25, -0.2) is 0 Å². The van der Waals surface area contributed by atoms with Crippen LogP contribution in [0.15, 0.2) is 12.2 Å². The van der Waals surface area contributed by atoms with Crippen LogP contribution in [0.25, 0.3) is 0 Å². The molecule has 0 saturated carbocycles. The number of carbonyl (C=O) groups is 1. The summed E-state index contributed by atoms with van der Waals surface area (Å²) >= 11 is 0. The predicted molar refractivity (Wildman–Crippen MR) is 83.1 cm³/mol. The fourth-order valence-corrected chi connectivity index (χ4v) is 2.47. The molecule has 0 spiro atoms. The first-order valence-electron chi connectivity index (χ1n) is 7.04. The minimum atomic E-state index is 0.234. The van der Waals surface area contributed by atoms with Crippen LogP contribution < -0.4 is 0 Å². The maximum atomic E-state index is 12.4. The van der Waals surface area contributed by atoms with Gasteiger partial charge in [0.1, 0.15) is 0 Å². The molecule has 1 heteroatoms. The molecule has 0 aliphatic carbocycles. The van der Waals surface area contributed by atoms with Gasteiger partial charge >= 0.3 is 0 Å². The van der Waals surface area contributed by atoms with E-state index in [0.29, 0.717) is 12.3 Å². The van der Waals surface area contributed by atoms with Gasteiger partial charge in [0, 0.05) is 12.0 Å². The van der Waals surface area contributed by atoms with Crippen LogP contribution in [0.3, 0.4) is 0 Å². The Labute approximate surface area is 117 Å². The van der Waals surface area contributed by atoms with Crippen molar-refractivity contribution in [3.05, 3.63) is 45.5 Å². The minimum Gasteiger partial charge on any atom is -0.294 e. The van der Waals surface area contributed by atoms with Gasteiger partial charge in [0.25, 0.3) is 0 Å². The van der Waals surface area contributed by atoms with Crippen LogP contribution in [0.5, 0.6) is 0 Å². The molecular formula is C18H26O. The second-order valence-electron chi connectivity index (χ2n) is 5.80. The lowest BCUT2D eigenvalue weighted by atomic mass is 9.87. The molecule has 0 bridgehead atoms. The topological polar surface area (TPSA) is 17.1 Å². The fourth-order valence-electron chi connectivity index (χ4n) is 2.47. The quantitative estimate of drug-likeness (QED) is 0.548. The average molecular weight is 258 g/mol. The van der Waals surface area contributed by atoms with Gasteiger partial charge in [-0.3, -0.25) is 4.79 Å². The van der Waals surface area contributed by atoms with Crippen molar-refractivity contribution in [3.8, 4) is 0 Å². The molecular weight excluding hydrogens is 232 g/mol. The molecule has 1 nitrogen and oxygen atoms in total.